The van der Waals surface area contributed by atoms with Crippen molar-refractivity contribution in [2.24, 2.45) is 0 Å². The van der Waals surface area contributed by atoms with Crippen LogP contribution in [-0.2, 0) is 12.4 Å². The molecule has 0 saturated heterocycles. The molecule has 0 saturated carbocycles. The molecular formula is C58H56F6I2N6O2. The molecule has 3 aromatic heterocycles. The fourth-order valence-corrected chi connectivity index (χ4v) is 8.97. The van der Waals surface area contributed by atoms with Crippen LogP contribution in [0.2, 0.25) is 0 Å². The summed E-state index contributed by atoms with van der Waals surface area (Å²) in [6, 6.07) is 33.1. The van der Waals surface area contributed by atoms with E-state index >= 15 is 0 Å². The molecule has 0 atom stereocenters. The Morgan fingerprint density at radius 3 is 0.892 bits per heavy atom. The molecule has 4 aromatic carbocycles. The van der Waals surface area contributed by atoms with Crippen molar-refractivity contribution in [2.45, 2.75) is 25.2 Å². The molecule has 0 spiro atoms. The van der Waals surface area contributed by atoms with Crippen molar-refractivity contribution >= 4 is 46.4 Å². The summed E-state index contributed by atoms with van der Waals surface area (Å²) in [4.78, 5) is 17.7. The third-order valence-corrected chi connectivity index (χ3v) is 12.5. The predicted molar refractivity (Wildman–Crippen MR) is 277 cm³/mol. The molecule has 2 aliphatic heterocycles. The van der Waals surface area contributed by atoms with Crippen molar-refractivity contribution in [1.82, 2.24) is 19.9 Å². The Kier molecular flexibility index (Phi) is 16.9. The van der Waals surface area contributed by atoms with Gasteiger partial charge in [-0.2, -0.15) is 26.3 Å². The maximum atomic E-state index is 13.9. The fourth-order valence-electron chi connectivity index (χ4n) is 8.97. The standard InChI is InChI=1S/C58H56F6N6O2.2HI/c1-69(2,3)33-7-35-71-43-21-13-39(14-22-43)55-49-29-25-45(65-49)53(37-9-17-41(18-10-37)57(59,60)61)47-27-31-51(67-47)56(40-15-23-44(24-16-40)72-36-8-34-70(4,5)6)52-32-28-48(68-52)54(46-26-30-50(55)66-46)38-11-19-42(20-12-38)58(62,63)64;;/h9-32,65,68H,7-8,33-36H2,1-6H3;2*1H/q+2;;/p-2. The lowest BCUT2D eigenvalue weighted by molar-refractivity contribution is -0.870. The van der Waals surface area contributed by atoms with Gasteiger partial charge in [-0.15, -0.1) is 0 Å². The summed E-state index contributed by atoms with van der Waals surface area (Å²) >= 11 is 0. The highest BCUT2D eigenvalue weighted by molar-refractivity contribution is 6.00. The number of aromatic nitrogens is 4. The van der Waals surface area contributed by atoms with Gasteiger partial charge in [0.1, 0.15) is 11.5 Å². The minimum Gasteiger partial charge on any atom is -1.00 e. The molecule has 7 aromatic rings. The van der Waals surface area contributed by atoms with Gasteiger partial charge in [0.15, 0.2) is 0 Å². The molecule has 5 heterocycles. The molecule has 386 valence electrons. The van der Waals surface area contributed by atoms with Crippen molar-refractivity contribution in [3.8, 4) is 56.0 Å². The zero-order valence-corrected chi connectivity index (χ0v) is 46.0. The molecule has 8 bridgehead atoms. The number of halogens is 8. The first kappa shape index (κ1) is 55.8. The summed E-state index contributed by atoms with van der Waals surface area (Å²) in [5.74, 6) is 1.39. The van der Waals surface area contributed by atoms with E-state index < -0.39 is 23.5 Å². The van der Waals surface area contributed by atoms with Gasteiger partial charge in [0.05, 0.1) is 102 Å². The summed E-state index contributed by atoms with van der Waals surface area (Å²) < 4.78 is 97.6. The fraction of sp³-hybridized carbons (Fsp3) is 0.241. The van der Waals surface area contributed by atoms with Crippen LogP contribution < -0.4 is 57.4 Å². The number of ether oxygens (including phenoxy) is 2. The minimum absolute atomic E-state index is 0. The van der Waals surface area contributed by atoms with E-state index in [0.29, 0.717) is 103 Å². The number of benzene rings is 4. The minimum atomic E-state index is -4.54. The van der Waals surface area contributed by atoms with E-state index in [4.69, 9.17) is 19.4 Å². The molecule has 16 heteroatoms. The Labute approximate surface area is 461 Å². The summed E-state index contributed by atoms with van der Waals surface area (Å²) in [7, 11) is 12.8. The highest BCUT2D eigenvalue weighted by atomic mass is 127. The largest absolute Gasteiger partial charge is 1.00 e. The van der Waals surface area contributed by atoms with E-state index in [9.17, 15) is 26.3 Å². The van der Waals surface area contributed by atoms with Crippen LogP contribution in [0.15, 0.2) is 121 Å². The second kappa shape index (κ2) is 22.5. The lowest BCUT2D eigenvalue weighted by Crippen LogP contribution is -3.00. The zero-order valence-electron chi connectivity index (χ0n) is 41.7. The monoisotopic (exact) mass is 1240 g/mol. The van der Waals surface area contributed by atoms with Gasteiger partial charge < -0.3 is 76.4 Å². The summed E-state index contributed by atoms with van der Waals surface area (Å²) in [6.45, 7) is 2.97. The summed E-state index contributed by atoms with van der Waals surface area (Å²) in [6.07, 6.45) is 0.115. The van der Waals surface area contributed by atoms with E-state index in [2.05, 4.69) is 52.3 Å². The van der Waals surface area contributed by atoms with Crippen molar-refractivity contribution < 1.29 is 92.7 Å². The number of aromatic amines is 2. The van der Waals surface area contributed by atoms with Gasteiger partial charge in [-0.3, -0.25) is 0 Å². The maximum absolute atomic E-state index is 13.9. The van der Waals surface area contributed by atoms with Crippen LogP contribution in [0.4, 0.5) is 26.3 Å². The third-order valence-electron chi connectivity index (χ3n) is 12.5. The van der Waals surface area contributed by atoms with Gasteiger partial charge in [-0.05, 0) is 119 Å². The highest BCUT2D eigenvalue weighted by Crippen LogP contribution is 2.41. The van der Waals surface area contributed by atoms with Crippen LogP contribution in [0.25, 0.3) is 90.9 Å². The Hall–Kier alpha value is -5.96. The molecule has 0 fully saturated rings. The second-order valence-corrected chi connectivity index (χ2v) is 20.1. The number of hydrogen-bond acceptors (Lipinski definition) is 4. The van der Waals surface area contributed by atoms with Crippen LogP contribution in [0.3, 0.4) is 0 Å². The van der Waals surface area contributed by atoms with Gasteiger partial charge in [-0.25, -0.2) is 9.97 Å². The SMILES string of the molecule is C[N+](C)(C)CCCOc1ccc(-c2c3nc(c(-c4ccc(C(F)(F)F)cc4)c4ccc([nH]4)c(-c4ccc(OCCC[N+](C)(C)C)cc4)c4nc(c(-c5ccc(C(F)(F)F)cc5)c5ccc2[nH]5)C=C4)C=C3)cc1.[I-].[I-]. The van der Waals surface area contributed by atoms with Gasteiger partial charge in [0.2, 0.25) is 0 Å². The quantitative estimate of drug-likeness (QED) is 0.0498. The molecule has 2 N–H and O–H groups in total. The maximum Gasteiger partial charge on any atom is 0.416 e. The van der Waals surface area contributed by atoms with E-state index in [1.807, 2.05) is 97.1 Å². The molecule has 0 aliphatic carbocycles. The number of quaternary nitrogens is 2. The highest BCUT2D eigenvalue weighted by Gasteiger charge is 2.31. The number of nitrogens with one attached hydrogen (secondary N) is 2. The van der Waals surface area contributed by atoms with E-state index in [1.165, 1.54) is 24.3 Å². The van der Waals surface area contributed by atoms with E-state index in [0.717, 1.165) is 70.3 Å². The Bertz CT molecular complexity index is 3110. The molecule has 0 unspecified atom stereocenters. The first-order chi connectivity index (χ1) is 34.2. The van der Waals surface area contributed by atoms with Gasteiger partial charge in [0, 0.05) is 57.2 Å². The smallest absolute Gasteiger partial charge is 0.416 e. The van der Waals surface area contributed by atoms with Gasteiger partial charge in [0.25, 0.3) is 0 Å². The van der Waals surface area contributed by atoms with E-state index in [1.54, 1.807) is 0 Å². The second-order valence-electron chi connectivity index (χ2n) is 20.1. The average molecular weight is 1240 g/mol. The lowest BCUT2D eigenvalue weighted by Gasteiger charge is -2.23. The van der Waals surface area contributed by atoms with Crippen molar-refractivity contribution in [3.05, 3.63) is 155 Å². The molecule has 8 nitrogen and oxygen atoms in total. The summed E-state index contributed by atoms with van der Waals surface area (Å²) in [5.41, 5.74) is 8.23. The number of fused-ring (bicyclic) bond motifs is 8. The summed E-state index contributed by atoms with van der Waals surface area (Å²) in [5, 5.41) is 0. The molecule has 74 heavy (non-hydrogen) atoms. The van der Waals surface area contributed by atoms with Crippen LogP contribution in [-0.4, -0.2) is 97.5 Å². The first-order valence-electron chi connectivity index (χ1n) is 23.8. The molecule has 9 rings (SSSR count). The average Bonchev–Trinajstić information content (AvgIpc) is 4.18. The van der Waals surface area contributed by atoms with Crippen molar-refractivity contribution in [3.63, 3.8) is 0 Å². The molecule has 2 aliphatic rings. The van der Waals surface area contributed by atoms with Gasteiger partial charge in [-0.1, -0.05) is 48.5 Å². The zero-order chi connectivity index (χ0) is 51.0. The van der Waals surface area contributed by atoms with Crippen LogP contribution in [0.5, 0.6) is 11.5 Å². The van der Waals surface area contributed by atoms with Crippen molar-refractivity contribution in [2.75, 3.05) is 68.6 Å². The molecule has 0 amide bonds. The van der Waals surface area contributed by atoms with Crippen molar-refractivity contribution in [1.29, 1.82) is 0 Å². The number of rotatable bonds is 14. The Morgan fingerprint density at radius 2 is 0.649 bits per heavy atom. The van der Waals surface area contributed by atoms with Crippen LogP contribution >= 0.6 is 0 Å². The normalized spacial score (nSPS) is 12.6. The Morgan fingerprint density at radius 1 is 0.392 bits per heavy atom. The van der Waals surface area contributed by atoms with Crippen LogP contribution in [0, 0.1) is 0 Å². The number of hydrogen-bond donors (Lipinski definition) is 2. The van der Waals surface area contributed by atoms with Gasteiger partial charge >= 0.3 is 12.4 Å². The lowest BCUT2D eigenvalue weighted by atomic mass is 10.0. The molecular weight excluding hydrogens is 1180 g/mol. The topological polar surface area (TPSA) is 75.8 Å². The van der Waals surface area contributed by atoms with E-state index in [-0.39, 0.29) is 48.0 Å². The number of alkyl halides is 6. The Balaban J connectivity index is 0.00000400. The first-order valence-corrected chi connectivity index (χ1v) is 23.8. The number of H-pyrrole nitrogens is 2. The number of nitrogens with zero attached hydrogens (tertiary/aromatic N) is 4. The molecule has 0 radical (unpaired) electrons. The van der Waals surface area contributed by atoms with Crippen LogP contribution in [0.1, 0.15) is 46.7 Å². The predicted octanol–water partition coefficient (Wildman–Crippen LogP) is 8.32. The third kappa shape index (κ3) is 13.1.